The van der Waals surface area contributed by atoms with E-state index in [1.807, 2.05) is 41.1 Å². The van der Waals surface area contributed by atoms with Gasteiger partial charge in [0.05, 0.1) is 16.0 Å². The van der Waals surface area contributed by atoms with Gasteiger partial charge >= 0.3 is 0 Å². The minimum Gasteiger partial charge on any atom is -0.388 e. The molecular weight excluding hydrogens is 336 g/mol. The maximum Gasteiger partial charge on any atom is 0.221 e. The number of para-hydroxylation sites is 2. The van der Waals surface area contributed by atoms with Crippen LogP contribution in [0.5, 0.6) is 0 Å². The third kappa shape index (κ3) is 4.05. The second-order valence-corrected chi connectivity index (χ2v) is 7.00. The maximum absolute atomic E-state index is 12.2. The van der Waals surface area contributed by atoms with Crippen LogP contribution in [0.4, 0.5) is 0 Å². The first-order chi connectivity index (χ1) is 12.1. The van der Waals surface area contributed by atoms with Gasteiger partial charge in [0.15, 0.2) is 0 Å². The van der Waals surface area contributed by atoms with E-state index in [4.69, 9.17) is 0 Å². The minimum atomic E-state index is -0.142. The van der Waals surface area contributed by atoms with Gasteiger partial charge < -0.3 is 15.0 Å². The summed E-state index contributed by atoms with van der Waals surface area (Å²) in [5.74, 6) is 0.771. The standard InChI is InChI=1S/C18H22N4O2S/c1-12(18-20-13(2)11-25-18)9-19-17(24)7-8-22-15-6-4-3-5-14(15)21-16(22)10-23/h3-6,11-12,23H,7-10H2,1-2H3,(H,19,24)/t12-/m1/s1. The molecule has 1 aromatic carbocycles. The molecule has 3 rings (SSSR count). The Morgan fingerprint density at radius 2 is 2.16 bits per heavy atom. The van der Waals surface area contributed by atoms with E-state index in [1.165, 1.54) is 0 Å². The fourth-order valence-corrected chi connectivity index (χ4v) is 3.61. The number of benzene rings is 1. The van der Waals surface area contributed by atoms with Gasteiger partial charge in [-0.05, 0) is 19.1 Å². The Hall–Kier alpha value is -2.25. The number of rotatable bonds is 7. The summed E-state index contributed by atoms with van der Waals surface area (Å²) >= 11 is 1.62. The highest BCUT2D eigenvalue weighted by atomic mass is 32.1. The third-order valence-electron chi connectivity index (χ3n) is 4.10. The average Bonchev–Trinajstić information content (AvgIpc) is 3.21. The maximum atomic E-state index is 12.2. The molecule has 2 aromatic heterocycles. The zero-order valence-corrected chi connectivity index (χ0v) is 15.2. The second kappa shape index (κ2) is 7.76. The van der Waals surface area contributed by atoms with E-state index in [9.17, 15) is 9.90 Å². The van der Waals surface area contributed by atoms with Crippen molar-refractivity contribution in [3.63, 3.8) is 0 Å². The first kappa shape index (κ1) is 17.6. The highest BCUT2D eigenvalue weighted by Gasteiger charge is 2.13. The van der Waals surface area contributed by atoms with Gasteiger partial charge in [-0.15, -0.1) is 11.3 Å². The number of hydrogen-bond acceptors (Lipinski definition) is 5. The molecule has 0 aliphatic carbocycles. The summed E-state index contributed by atoms with van der Waals surface area (Å²) in [6, 6.07) is 7.70. The molecule has 0 unspecified atom stereocenters. The lowest BCUT2D eigenvalue weighted by atomic mass is 10.2. The van der Waals surface area contributed by atoms with Crippen molar-refractivity contribution in [1.82, 2.24) is 19.9 Å². The number of aromatic nitrogens is 3. The molecule has 7 heteroatoms. The van der Waals surface area contributed by atoms with E-state index >= 15 is 0 Å². The number of aliphatic hydroxyl groups excluding tert-OH is 1. The summed E-state index contributed by atoms with van der Waals surface area (Å²) in [5, 5.41) is 15.5. The molecule has 1 atom stereocenters. The molecule has 6 nitrogen and oxygen atoms in total. The quantitative estimate of drug-likeness (QED) is 0.680. The first-order valence-electron chi connectivity index (χ1n) is 8.32. The molecule has 1 amide bonds. The predicted octanol–water partition coefficient (Wildman–Crippen LogP) is 2.60. The molecule has 0 radical (unpaired) electrons. The number of imidazole rings is 1. The van der Waals surface area contributed by atoms with Gasteiger partial charge in [-0.2, -0.15) is 0 Å². The number of thiazole rings is 1. The molecule has 0 bridgehead atoms. The molecule has 0 aliphatic rings. The fourth-order valence-electron chi connectivity index (χ4n) is 2.75. The molecule has 0 fully saturated rings. The molecule has 25 heavy (non-hydrogen) atoms. The van der Waals surface area contributed by atoms with Gasteiger partial charge in [0.25, 0.3) is 0 Å². The van der Waals surface area contributed by atoms with Gasteiger partial charge in [0.2, 0.25) is 5.91 Å². The molecule has 2 N–H and O–H groups in total. The largest absolute Gasteiger partial charge is 0.388 e. The SMILES string of the molecule is Cc1csc([C@H](C)CNC(=O)CCn2c(CO)nc3ccccc32)n1. The Morgan fingerprint density at radius 1 is 1.36 bits per heavy atom. The van der Waals surface area contributed by atoms with Gasteiger partial charge in [-0.3, -0.25) is 4.79 Å². The molecule has 0 spiro atoms. The molecular formula is C18H22N4O2S. The van der Waals surface area contributed by atoms with Crippen molar-refractivity contribution < 1.29 is 9.90 Å². The van der Waals surface area contributed by atoms with Gasteiger partial charge in [0.1, 0.15) is 12.4 Å². The van der Waals surface area contributed by atoms with Crippen LogP contribution in [0.3, 0.4) is 0 Å². The summed E-state index contributed by atoms with van der Waals surface area (Å²) < 4.78 is 1.91. The van der Waals surface area contributed by atoms with E-state index in [2.05, 4.69) is 22.2 Å². The van der Waals surface area contributed by atoms with Gasteiger partial charge in [-0.25, -0.2) is 9.97 Å². The zero-order valence-electron chi connectivity index (χ0n) is 14.4. The van der Waals surface area contributed by atoms with Crippen molar-refractivity contribution in [2.45, 2.75) is 39.3 Å². The molecule has 0 saturated heterocycles. The van der Waals surface area contributed by atoms with Crippen LogP contribution in [0.25, 0.3) is 11.0 Å². The molecule has 2 heterocycles. The third-order valence-corrected chi connectivity index (χ3v) is 5.30. The first-order valence-corrected chi connectivity index (χ1v) is 9.20. The van der Waals surface area contributed by atoms with Crippen molar-refractivity contribution in [2.75, 3.05) is 6.54 Å². The molecule has 132 valence electrons. The van der Waals surface area contributed by atoms with E-state index < -0.39 is 0 Å². The lowest BCUT2D eigenvalue weighted by Gasteiger charge is -2.11. The second-order valence-electron chi connectivity index (χ2n) is 6.11. The van der Waals surface area contributed by atoms with Gasteiger partial charge in [0, 0.05) is 36.5 Å². The summed E-state index contributed by atoms with van der Waals surface area (Å²) in [6.45, 7) is 4.96. The van der Waals surface area contributed by atoms with E-state index in [0.717, 1.165) is 21.7 Å². The fraction of sp³-hybridized carbons (Fsp3) is 0.389. The lowest BCUT2D eigenvalue weighted by molar-refractivity contribution is -0.121. The Bertz CT molecular complexity index is 871. The van der Waals surface area contributed by atoms with Crippen molar-refractivity contribution in [3.05, 3.63) is 46.2 Å². The van der Waals surface area contributed by atoms with Crippen molar-refractivity contribution in [2.24, 2.45) is 0 Å². The van der Waals surface area contributed by atoms with Crippen LogP contribution in [0, 0.1) is 6.92 Å². The average molecular weight is 358 g/mol. The highest BCUT2D eigenvalue weighted by Crippen LogP contribution is 2.19. The lowest BCUT2D eigenvalue weighted by Crippen LogP contribution is -2.28. The Labute approximate surface area is 150 Å². The van der Waals surface area contributed by atoms with Crippen LogP contribution in [0.2, 0.25) is 0 Å². The normalized spacial score (nSPS) is 12.4. The molecule has 0 saturated carbocycles. The number of fused-ring (bicyclic) bond motifs is 1. The Balaban J connectivity index is 1.57. The Morgan fingerprint density at radius 3 is 2.88 bits per heavy atom. The van der Waals surface area contributed by atoms with Crippen LogP contribution < -0.4 is 5.32 Å². The van der Waals surface area contributed by atoms with E-state index in [-0.39, 0.29) is 18.4 Å². The summed E-state index contributed by atoms with van der Waals surface area (Å²) in [7, 11) is 0. The van der Waals surface area contributed by atoms with Crippen LogP contribution in [-0.4, -0.2) is 32.1 Å². The number of carbonyl (C=O) groups excluding carboxylic acids is 1. The number of nitrogens with one attached hydrogen (secondary N) is 1. The minimum absolute atomic E-state index is 0.0122. The number of aryl methyl sites for hydroxylation is 2. The molecule has 3 aromatic rings. The van der Waals surface area contributed by atoms with Crippen LogP contribution in [0.15, 0.2) is 29.6 Å². The van der Waals surface area contributed by atoms with Gasteiger partial charge in [-0.1, -0.05) is 19.1 Å². The van der Waals surface area contributed by atoms with Crippen LogP contribution in [-0.2, 0) is 17.9 Å². The smallest absolute Gasteiger partial charge is 0.221 e. The monoisotopic (exact) mass is 358 g/mol. The predicted molar refractivity (Wildman–Crippen MR) is 98.5 cm³/mol. The van der Waals surface area contributed by atoms with E-state index in [0.29, 0.717) is 25.3 Å². The topological polar surface area (TPSA) is 80.0 Å². The summed E-state index contributed by atoms with van der Waals surface area (Å²) in [6.07, 6.45) is 0.344. The Kier molecular flexibility index (Phi) is 5.45. The van der Waals surface area contributed by atoms with E-state index in [1.54, 1.807) is 11.3 Å². The number of amides is 1. The van der Waals surface area contributed by atoms with Crippen LogP contribution in [0.1, 0.15) is 35.8 Å². The molecule has 0 aliphatic heterocycles. The number of hydrogen-bond donors (Lipinski definition) is 2. The van der Waals surface area contributed by atoms with Crippen molar-refractivity contribution in [3.8, 4) is 0 Å². The van der Waals surface area contributed by atoms with Crippen molar-refractivity contribution in [1.29, 1.82) is 0 Å². The zero-order chi connectivity index (χ0) is 17.8. The summed E-state index contributed by atoms with van der Waals surface area (Å²) in [4.78, 5) is 21.0. The summed E-state index contributed by atoms with van der Waals surface area (Å²) in [5.41, 5.74) is 2.78. The number of carbonyl (C=O) groups is 1. The number of nitrogens with zero attached hydrogens (tertiary/aromatic N) is 3. The highest BCUT2D eigenvalue weighted by molar-refractivity contribution is 7.09. The number of aliphatic hydroxyl groups is 1. The van der Waals surface area contributed by atoms with Crippen LogP contribution >= 0.6 is 11.3 Å². The van der Waals surface area contributed by atoms with Crippen molar-refractivity contribution >= 4 is 28.3 Å².